The van der Waals surface area contributed by atoms with Crippen molar-refractivity contribution in [3.05, 3.63) is 16.8 Å². The lowest BCUT2D eigenvalue weighted by molar-refractivity contribution is -0.119. The molecular weight excluding hydrogens is 242 g/mol. The highest BCUT2D eigenvalue weighted by Gasteiger charge is 2.18. The molecule has 1 amide bonds. The van der Waals surface area contributed by atoms with E-state index in [2.05, 4.69) is 21.6 Å². The van der Waals surface area contributed by atoms with Gasteiger partial charge in [0.25, 0.3) is 0 Å². The van der Waals surface area contributed by atoms with Crippen LogP contribution < -0.4 is 10.2 Å². The molecule has 102 valence electrons. The molecule has 0 saturated carbocycles. The average molecular weight is 261 g/mol. The normalized spacial score (nSPS) is 9.84. The number of hydrogen-bond donors (Lipinski definition) is 1. The molecule has 1 N–H and O–H groups in total. The van der Waals surface area contributed by atoms with Crippen molar-refractivity contribution in [3.63, 3.8) is 0 Å². The van der Waals surface area contributed by atoms with E-state index in [1.807, 2.05) is 13.8 Å². The summed E-state index contributed by atoms with van der Waals surface area (Å²) in [5.41, 5.74) is 2.27. The topological polar surface area (TPSA) is 81.9 Å². The number of carbonyl (C=O) groups excluding carboxylic acids is 1. The highest BCUT2D eigenvalue weighted by atomic mass is 16.1. The molecule has 6 nitrogen and oxygen atoms in total. The summed E-state index contributed by atoms with van der Waals surface area (Å²) in [5, 5.41) is 20.1. The van der Waals surface area contributed by atoms with Crippen molar-refractivity contribution in [2.24, 2.45) is 0 Å². The third kappa shape index (κ3) is 3.19. The molecule has 6 heteroatoms. The maximum Gasteiger partial charge on any atom is 0.239 e. The molecule has 0 aromatic carbocycles. The van der Waals surface area contributed by atoms with Crippen LogP contribution in [0.15, 0.2) is 0 Å². The zero-order valence-corrected chi connectivity index (χ0v) is 11.8. The van der Waals surface area contributed by atoms with Gasteiger partial charge in [0, 0.05) is 14.1 Å². The Labute approximate surface area is 113 Å². The second-order valence-electron chi connectivity index (χ2n) is 4.17. The van der Waals surface area contributed by atoms with Gasteiger partial charge in [-0.25, -0.2) is 0 Å². The lowest BCUT2D eigenvalue weighted by Crippen LogP contribution is -2.34. The Morgan fingerprint density at radius 3 is 2.53 bits per heavy atom. The fourth-order valence-corrected chi connectivity index (χ4v) is 1.92. The maximum absolute atomic E-state index is 11.4. The first-order valence-corrected chi connectivity index (χ1v) is 6.29. The van der Waals surface area contributed by atoms with Crippen LogP contribution in [-0.4, -0.2) is 36.7 Å². The van der Waals surface area contributed by atoms with Gasteiger partial charge in [-0.1, -0.05) is 13.8 Å². The number of anilines is 1. The summed E-state index contributed by atoms with van der Waals surface area (Å²) in [4.78, 5) is 13.0. The molecule has 1 aromatic heterocycles. The number of likely N-dealkylation sites (N-methyl/N-ethyl adjacent to an activating group) is 2. The molecule has 0 unspecified atom stereocenters. The largest absolute Gasteiger partial charge is 0.358 e. The minimum atomic E-state index is -0.134. The van der Waals surface area contributed by atoms with E-state index < -0.39 is 0 Å². The van der Waals surface area contributed by atoms with Crippen molar-refractivity contribution in [2.75, 3.05) is 25.5 Å². The molecule has 0 aliphatic rings. The Kier molecular flexibility index (Phi) is 5.24. The highest BCUT2D eigenvalue weighted by Crippen LogP contribution is 2.22. The van der Waals surface area contributed by atoms with E-state index in [1.54, 1.807) is 19.0 Å². The number of nitriles is 1. The predicted molar refractivity (Wildman–Crippen MR) is 72.8 cm³/mol. The molecule has 1 rings (SSSR count). The second-order valence-corrected chi connectivity index (χ2v) is 4.17. The van der Waals surface area contributed by atoms with Crippen LogP contribution in [0.25, 0.3) is 0 Å². The third-order valence-electron chi connectivity index (χ3n) is 2.96. The highest BCUT2D eigenvalue weighted by molar-refractivity contribution is 5.81. The van der Waals surface area contributed by atoms with Gasteiger partial charge in [-0.3, -0.25) is 4.79 Å². The average Bonchev–Trinajstić information content (AvgIpc) is 2.44. The molecule has 0 bridgehead atoms. The molecule has 0 atom stereocenters. The fraction of sp³-hybridized carbons (Fsp3) is 0.538. The van der Waals surface area contributed by atoms with Crippen LogP contribution in [0.2, 0.25) is 0 Å². The zero-order chi connectivity index (χ0) is 14.4. The van der Waals surface area contributed by atoms with Crippen molar-refractivity contribution < 1.29 is 4.79 Å². The molecule has 0 spiro atoms. The SMILES string of the molecule is CCc1nnc(N(C)CC(=O)NC)c(C#N)c1CC. The van der Waals surface area contributed by atoms with Gasteiger partial charge in [-0.2, -0.15) is 10.4 Å². The van der Waals surface area contributed by atoms with Crippen LogP contribution in [0.3, 0.4) is 0 Å². The lowest BCUT2D eigenvalue weighted by Gasteiger charge is -2.19. The van der Waals surface area contributed by atoms with Gasteiger partial charge in [0.05, 0.1) is 12.2 Å². The minimum absolute atomic E-state index is 0.134. The number of nitrogens with zero attached hydrogens (tertiary/aromatic N) is 4. The van der Waals surface area contributed by atoms with Crippen LogP contribution >= 0.6 is 0 Å². The van der Waals surface area contributed by atoms with Crippen molar-refractivity contribution in [3.8, 4) is 6.07 Å². The molecule has 0 aliphatic carbocycles. The summed E-state index contributed by atoms with van der Waals surface area (Å²) in [5.74, 6) is 0.325. The molecule has 0 fully saturated rings. The Morgan fingerprint density at radius 1 is 1.37 bits per heavy atom. The fourth-order valence-electron chi connectivity index (χ4n) is 1.92. The molecular formula is C13H19N5O. The van der Waals surface area contributed by atoms with Gasteiger partial charge in [0.15, 0.2) is 5.82 Å². The van der Waals surface area contributed by atoms with Gasteiger partial charge in [-0.05, 0) is 18.4 Å². The number of aromatic nitrogens is 2. The Balaban J connectivity index is 3.22. The van der Waals surface area contributed by atoms with Gasteiger partial charge >= 0.3 is 0 Å². The van der Waals surface area contributed by atoms with E-state index in [1.165, 1.54) is 0 Å². The number of hydrogen-bond acceptors (Lipinski definition) is 5. The van der Waals surface area contributed by atoms with Gasteiger partial charge < -0.3 is 10.2 Å². The van der Waals surface area contributed by atoms with Gasteiger partial charge in [0.1, 0.15) is 11.6 Å². The predicted octanol–water partition coefficient (Wildman–Crippen LogP) is 0.655. The zero-order valence-electron chi connectivity index (χ0n) is 11.8. The molecule has 1 heterocycles. The molecule has 0 radical (unpaired) electrons. The summed E-state index contributed by atoms with van der Waals surface area (Å²) in [7, 11) is 3.30. The van der Waals surface area contributed by atoms with Crippen LogP contribution in [0.5, 0.6) is 0 Å². The number of amides is 1. The van der Waals surface area contributed by atoms with Crippen LogP contribution in [0, 0.1) is 11.3 Å². The number of aryl methyl sites for hydroxylation is 1. The molecule has 0 aliphatic heterocycles. The smallest absolute Gasteiger partial charge is 0.239 e. The summed E-state index contributed by atoms with van der Waals surface area (Å²) in [6, 6.07) is 2.19. The van der Waals surface area contributed by atoms with E-state index in [0.29, 0.717) is 11.4 Å². The van der Waals surface area contributed by atoms with Gasteiger partial charge in [-0.15, -0.1) is 5.10 Å². The van der Waals surface area contributed by atoms with E-state index in [4.69, 9.17) is 0 Å². The third-order valence-corrected chi connectivity index (χ3v) is 2.96. The number of rotatable bonds is 5. The van der Waals surface area contributed by atoms with Crippen molar-refractivity contribution in [1.29, 1.82) is 5.26 Å². The molecule has 19 heavy (non-hydrogen) atoms. The van der Waals surface area contributed by atoms with Crippen molar-refractivity contribution in [2.45, 2.75) is 26.7 Å². The minimum Gasteiger partial charge on any atom is -0.358 e. The first kappa shape index (κ1) is 14.9. The quantitative estimate of drug-likeness (QED) is 0.841. The Hall–Kier alpha value is -2.16. The number of carbonyl (C=O) groups is 1. The van der Waals surface area contributed by atoms with E-state index in [9.17, 15) is 10.1 Å². The molecule has 0 saturated heterocycles. The number of nitrogens with one attached hydrogen (secondary N) is 1. The van der Waals surface area contributed by atoms with Crippen molar-refractivity contribution in [1.82, 2.24) is 15.5 Å². The molecule has 1 aromatic rings. The van der Waals surface area contributed by atoms with E-state index in [-0.39, 0.29) is 12.5 Å². The summed E-state index contributed by atoms with van der Waals surface area (Å²) in [6.45, 7) is 4.12. The monoisotopic (exact) mass is 261 g/mol. The van der Waals surface area contributed by atoms with Crippen LogP contribution in [0.1, 0.15) is 30.7 Å². The van der Waals surface area contributed by atoms with E-state index in [0.717, 1.165) is 24.1 Å². The van der Waals surface area contributed by atoms with Crippen LogP contribution in [-0.2, 0) is 17.6 Å². The van der Waals surface area contributed by atoms with Crippen molar-refractivity contribution >= 4 is 11.7 Å². The summed E-state index contributed by atoms with van der Waals surface area (Å²) in [6.07, 6.45) is 1.46. The summed E-state index contributed by atoms with van der Waals surface area (Å²) < 4.78 is 0. The first-order valence-electron chi connectivity index (χ1n) is 6.29. The Bertz CT molecular complexity index is 506. The summed E-state index contributed by atoms with van der Waals surface area (Å²) >= 11 is 0. The first-order chi connectivity index (χ1) is 9.08. The standard InChI is InChI=1S/C13H19N5O/c1-5-9-10(7-14)13(17-16-11(9)6-2)18(4)8-12(19)15-3/h5-6,8H2,1-4H3,(H,15,19). The Morgan fingerprint density at radius 2 is 2.05 bits per heavy atom. The lowest BCUT2D eigenvalue weighted by atomic mass is 10.0. The maximum atomic E-state index is 11.4. The van der Waals surface area contributed by atoms with Crippen LogP contribution in [0.4, 0.5) is 5.82 Å². The van der Waals surface area contributed by atoms with Gasteiger partial charge in [0.2, 0.25) is 5.91 Å². The second kappa shape index (κ2) is 6.69. The van der Waals surface area contributed by atoms with E-state index >= 15 is 0 Å².